The van der Waals surface area contributed by atoms with Crippen molar-refractivity contribution in [1.29, 1.82) is 0 Å². The standard InChI is InChI=1S/C9H17NO2.C7H7N/c1-4-7-8(9(11)12)10(5-2)6-3;1-2-7-5-3-4-6-8-7/h7H,4-6H2,1-3H3,(H,11,12);2-6H,1H2/b8-7+;. The average molecular weight is 276 g/mol. The van der Waals surface area contributed by atoms with Crippen molar-refractivity contribution in [2.75, 3.05) is 13.1 Å². The van der Waals surface area contributed by atoms with E-state index in [1.165, 1.54) is 0 Å². The molecule has 0 aromatic carbocycles. The van der Waals surface area contributed by atoms with Gasteiger partial charge in [-0.25, -0.2) is 4.79 Å². The van der Waals surface area contributed by atoms with Crippen molar-refractivity contribution in [2.24, 2.45) is 0 Å². The summed E-state index contributed by atoms with van der Waals surface area (Å²) in [5, 5.41) is 8.83. The summed E-state index contributed by atoms with van der Waals surface area (Å²) < 4.78 is 0. The number of carbonyl (C=O) groups is 1. The van der Waals surface area contributed by atoms with Gasteiger partial charge in [-0.2, -0.15) is 0 Å². The van der Waals surface area contributed by atoms with Gasteiger partial charge in [0.05, 0.1) is 5.69 Å². The summed E-state index contributed by atoms with van der Waals surface area (Å²) >= 11 is 0. The second-order valence-electron chi connectivity index (χ2n) is 3.93. The molecule has 0 aliphatic carbocycles. The number of likely N-dealkylation sites (N-methyl/N-ethyl adjacent to an activating group) is 1. The molecule has 1 rings (SSSR count). The first-order chi connectivity index (χ1) is 9.60. The number of aromatic nitrogens is 1. The molecule has 4 nitrogen and oxygen atoms in total. The van der Waals surface area contributed by atoms with Gasteiger partial charge in [-0.1, -0.05) is 25.6 Å². The first-order valence-corrected chi connectivity index (χ1v) is 6.82. The molecule has 4 heteroatoms. The number of rotatable bonds is 6. The molecule has 0 saturated carbocycles. The van der Waals surface area contributed by atoms with Crippen LogP contribution in [-0.2, 0) is 4.79 Å². The lowest BCUT2D eigenvalue weighted by Crippen LogP contribution is -2.27. The molecule has 1 aromatic heterocycles. The Morgan fingerprint density at radius 3 is 2.30 bits per heavy atom. The number of pyridine rings is 1. The van der Waals surface area contributed by atoms with Crippen LogP contribution in [0.3, 0.4) is 0 Å². The minimum Gasteiger partial charge on any atom is -0.477 e. The number of carboxylic acids is 1. The largest absolute Gasteiger partial charge is 0.477 e. The van der Waals surface area contributed by atoms with Crippen molar-refractivity contribution < 1.29 is 9.90 Å². The van der Waals surface area contributed by atoms with Gasteiger partial charge in [-0.15, -0.1) is 0 Å². The second-order valence-corrected chi connectivity index (χ2v) is 3.93. The highest BCUT2D eigenvalue weighted by Crippen LogP contribution is 2.04. The first kappa shape index (κ1) is 17.9. The molecule has 0 radical (unpaired) electrons. The van der Waals surface area contributed by atoms with Gasteiger partial charge in [0.15, 0.2) is 0 Å². The maximum absolute atomic E-state index is 10.7. The zero-order valence-electron chi connectivity index (χ0n) is 12.5. The highest BCUT2D eigenvalue weighted by atomic mass is 16.4. The SMILES string of the molecule is C=Cc1ccccn1.CC/C=C(\C(=O)O)N(CC)CC. The molecule has 0 fully saturated rings. The topological polar surface area (TPSA) is 53.4 Å². The zero-order chi connectivity index (χ0) is 15.4. The predicted octanol–water partition coefficient (Wildman–Crippen LogP) is 3.43. The van der Waals surface area contributed by atoms with Crippen LogP contribution in [0.4, 0.5) is 0 Å². The van der Waals surface area contributed by atoms with Crippen LogP contribution in [0.1, 0.15) is 32.9 Å². The molecule has 1 heterocycles. The molecule has 0 aliphatic rings. The Morgan fingerprint density at radius 1 is 1.35 bits per heavy atom. The van der Waals surface area contributed by atoms with Gasteiger partial charge < -0.3 is 10.0 Å². The minimum atomic E-state index is -0.833. The molecule has 0 amide bonds. The third-order valence-corrected chi connectivity index (χ3v) is 2.62. The molecule has 20 heavy (non-hydrogen) atoms. The Labute approximate surface area is 121 Å². The average Bonchev–Trinajstić information content (AvgIpc) is 2.49. The number of nitrogens with zero attached hydrogens (tertiary/aromatic N) is 2. The first-order valence-electron chi connectivity index (χ1n) is 6.82. The van der Waals surface area contributed by atoms with Crippen LogP contribution < -0.4 is 0 Å². The summed E-state index contributed by atoms with van der Waals surface area (Å²) in [7, 11) is 0. The lowest BCUT2D eigenvalue weighted by atomic mass is 10.3. The number of aliphatic carboxylic acids is 1. The highest BCUT2D eigenvalue weighted by Gasteiger charge is 2.11. The van der Waals surface area contributed by atoms with Crippen LogP contribution in [-0.4, -0.2) is 34.0 Å². The lowest BCUT2D eigenvalue weighted by Gasteiger charge is -2.20. The third kappa shape index (κ3) is 6.73. The third-order valence-electron chi connectivity index (χ3n) is 2.62. The van der Waals surface area contributed by atoms with Crippen LogP contribution in [0.15, 0.2) is 42.7 Å². The minimum absolute atomic E-state index is 0.419. The molecule has 1 N–H and O–H groups in total. The van der Waals surface area contributed by atoms with Gasteiger partial charge >= 0.3 is 5.97 Å². The molecule has 110 valence electrons. The fraction of sp³-hybridized carbons (Fsp3) is 0.375. The van der Waals surface area contributed by atoms with Gasteiger partial charge in [-0.05, 0) is 38.5 Å². The van der Waals surface area contributed by atoms with E-state index in [2.05, 4.69) is 11.6 Å². The molecular formula is C16H24N2O2. The number of hydrogen-bond acceptors (Lipinski definition) is 3. The molecule has 0 unspecified atom stereocenters. The predicted molar refractivity (Wildman–Crippen MR) is 83.3 cm³/mol. The Bertz CT molecular complexity index is 423. The van der Waals surface area contributed by atoms with E-state index >= 15 is 0 Å². The van der Waals surface area contributed by atoms with Crippen molar-refractivity contribution in [2.45, 2.75) is 27.2 Å². The van der Waals surface area contributed by atoms with Crippen LogP contribution >= 0.6 is 0 Å². The number of allylic oxidation sites excluding steroid dienone is 1. The quantitative estimate of drug-likeness (QED) is 0.809. The highest BCUT2D eigenvalue weighted by molar-refractivity contribution is 5.85. The van der Waals surface area contributed by atoms with Gasteiger partial charge in [0, 0.05) is 19.3 Å². The fourth-order valence-electron chi connectivity index (χ4n) is 1.61. The monoisotopic (exact) mass is 276 g/mol. The van der Waals surface area contributed by atoms with E-state index in [1.54, 1.807) is 18.3 Å². The van der Waals surface area contributed by atoms with Crippen molar-refractivity contribution in [1.82, 2.24) is 9.88 Å². The van der Waals surface area contributed by atoms with Crippen LogP contribution in [0.5, 0.6) is 0 Å². The summed E-state index contributed by atoms with van der Waals surface area (Å²) in [6, 6.07) is 5.73. The summed E-state index contributed by atoms with van der Waals surface area (Å²) in [6.45, 7) is 10.9. The van der Waals surface area contributed by atoms with Gasteiger partial charge in [0.1, 0.15) is 5.70 Å². The Morgan fingerprint density at radius 2 is 2.00 bits per heavy atom. The fourth-order valence-corrected chi connectivity index (χ4v) is 1.61. The Balaban J connectivity index is 0.000000388. The van der Waals surface area contributed by atoms with Crippen molar-refractivity contribution >= 4 is 12.0 Å². The van der Waals surface area contributed by atoms with Gasteiger partial charge in [-0.3, -0.25) is 4.98 Å². The lowest BCUT2D eigenvalue weighted by molar-refractivity contribution is -0.134. The normalized spacial score (nSPS) is 10.2. The van der Waals surface area contributed by atoms with E-state index in [0.29, 0.717) is 5.70 Å². The number of hydrogen-bond donors (Lipinski definition) is 1. The summed E-state index contributed by atoms with van der Waals surface area (Å²) in [6.07, 6.45) is 5.98. The van der Waals surface area contributed by atoms with Crippen molar-refractivity contribution in [3.05, 3.63) is 48.4 Å². The summed E-state index contributed by atoms with van der Waals surface area (Å²) in [4.78, 5) is 16.6. The van der Waals surface area contributed by atoms with Crippen LogP contribution in [0.2, 0.25) is 0 Å². The summed E-state index contributed by atoms with van der Waals surface area (Å²) in [5.41, 5.74) is 1.34. The van der Waals surface area contributed by atoms with Crippen LogP contribution in [0, 0.1) is 0 Å². The molecule has 1 aromatic rings. The second kappa shape index (κ2) is 10.8. The number of carboxylic acid groups (broad SMARTS) is 1. The van der Waals surface area contributed by atoms with Crippen LogP contribution in [0.25, 0.3) is 6.08 Å². The van der Waals surface area contributed by atoms with E-state index in [1.807, 2.05) is 43.9 Å². The van der Waals surface area contributed by atoms with E-state index < -0.39 is 5.97 Å². The Hall–Kier alpha value is -2.10. The van der Waals surface area contributed by atoms with E-state index in [-0.39, 0.29) is 0 Å². The molecule has 0 bridgehead atoms. The maximum Gasteiger partial charge on any atom is 0.351 e. The smallest absolute Gasteiger partial charge is 0.351 e. The molecule has 0 aliphatic heterocycles. The van der Waals surface area contributed by atoms with Crippen molar-refractivity contribution in [3.63, 3.8) is 0 Å². The van der Waals surface area contributed by atoms with Gasteiger partial charge in [0.25, 0.3) is 0 Å². The molecular weight excluding hydrogens is 252 g/mol. The zero-order valence-corrected chi connectivity index (χ0v) is 12.5. The van der Waals surface area contributed by atoms with E-state index in [9.17, 15) is 4.79 Å². The van der Waals surface area contributed by atoms with E-state index in [4.69, 9.17) is 5.11 Å². The van der Waals surface area contributed by atoms with E-state index in [0.717, 1.165) is 25.2 Å². The molecule has 0 spiro atoms. The maximum atomic E-state index is 10.7. The Kier molecular flexibility index (Phi) is 9.66. The summed E-state index contributed by atoms with van der Waals surface area (Å²) in [5.74, 6) is -0.833. The molecule has 0 saturated heterocycles. The molecule has 0 atom stereocenters. The van der Waals surface area contributed by atoms with Crippen molar-refractivity contribution in [3.8, 4) is 0 Å². The van der Waals surface area contributed by atoms with Gasteiger partial charge in [0.2, 0.25) is 0 Å².